The van der Waals surface area contributed by atoms with Crippen LogP contribution in [0.1, 0.15) is 40.0 Å². The molecule has 1 heterocycles. The van der Waals surface area contributed by atoms with E-state index in [2.05, 4.69) is 31.4 Å². The van der Waals surface area contributed by atoms with E-state index >= 15 is 0 Å². The average molecular weight is 210 g/mol. The quantitative estimate of drug-likeness (QED) is 0.742. The summed E-state index contributed by atoms with van der Waals surface area (Å²) in [5.74, 6) is 1.95. The molecule has 2 fully saturated rings. The van der Waals surface area contributed by atoms with Gasteiger partial charge in [0.15, 0.2) is 0 Å². The molecule has 0 aromatic carbocycles. The first kappa shape index (κ1) is 11.4. The molecular formula is C13H26N2. The molecule has 1 saturated heterocycles. The van der Waals surface area contributed by atoms with Crippen molar-refractivity contribution in [3.63, 3.8) is 0 Å². The predicted molar refractivity (Wildman–Crippen MR) is 64.9 cm³/mol. The summed E-state index contributed by atoms with van der Waals surface area (Å²) in [5.41, 5.74) is 0.473. The summed E-state index contributed by atoms with van der Waals surface area (Å²) in [6, 6.07) is 0.667. The molecule has 88 valence electrons. The summed E-state index contributed by atoms with van der Waals surface area (Å²) in [5, 5.41) is 7.29. The van der Waals surface area contributed by atoms with Gasteiger partial charge in [-0.3, -0.25) is 0 Å². The van der Waals surface area contributed by atoms with Crippen molar-refractivity contribution in [2.75, 3.05) is 19.6 Å². The average Bonchev–Trinajstić information content (AvgIpc) is 2.85. The molecule has 15 heavy (non-hydrogen) atoms. The van der Waals surface area contributed by atoms with Crippen molar-refractivity contribution in [2.45, 2.75) is 46.1 Å². The molecular weight excluding hydrogens is 184 g/mol. The highest BCUT2D eigenvalue weighted by Crippen LogP contribution is 2.37. The number of piperidine rings is 1. The highest BCUT2D eigenvalue weighted by atomic mass is 15.0. The molecule has 0 aromatic rings. The molecule has 1 saturated carbocycles. The lowest BCUT2D eigenvalue weighted by Crippen LogP contribution is -2.52. The van der Waals surface area contributed by atoms with Crippen LogP contribution in [0.25, 0.3) is 0 Å². The number of hydrogen-bond donors (Lipinski definition) is 2. The summed E-state index contributed by atoms with van der Waals surface area (Å²) in [4.78, 5) is 0. The maximum atomic E-state index is 3.65. The normalized spacial score (nSPS) is 39.0. The third kappa shape index (κ3) is 2.94. The van der Waals surface area contributed by atoms with Crippen LogP contribution < -0.4 is 10.6 Å². The van der Waals surface area contributed by atoms with Gasteiger partial charge in [-0.25, -0.2) is 0 Å². The Morgan fingerprint density at radius 2 is 2.07 bits per heavy atom. The summed E-state index contributed by atoms with van der Waals surface area (Å²) in [6.07, 6.45) is 4.14. The lowest BCUT2D eigenvalue weighted by molar-refractivity contribution is 0.176. The van der Waals surface area contributed by atoms with Crippen LogP contribution in [-0.4, -0.2) is 25.7 Å². The third-order valence-corrected chi connectivity index (χ3v) is 4.36. The second-order valence-corrected chi connectivity index (χ2v) is 6.23. The van der Waals surface area contributed by atoms with Gasteiger partial charge in [-0.05, 0) is 49.6 Å². The molecule has 1 aliphatic heterocycles. The Morgan fingerprint density at radius 3 is 2.67 bits per heavy atom. The van der Waals surface area contributed by atoms with Gasteiger partial charge in [0.2, 0.25) is 0 Å². The molecule has 0 aromatic heterocycles. The SMILES string of the molecule is CC1CC1CNCC1NCCCC1(C)C. The fraction of sp³-hybridized carbons (Fsp3) is 1.00. The Balaban J connectivity index is 1.68. The molecule has 3 unspecified atom stereocenters. The van der Waals surface area contributed by atoms with Crippen LogP contribution in [0.3, 0.4) is 0 Å². The van der Waals surface area contributed by atoms with Crippen molar-refractivity contribution in [3.8, 4) is 0 Å². The second-order valence-electron chi connectivity index (χ2n) is 6.23. The van der Waals surface area contributed by atoms with Crippen LogP contribution in [0.5, 0.6) is 0 Å². The van der Waals surface area contributed by atoms with E-state index in [0.717, 1.165) is 18.4 Å². The van der Waals surface area contributed by atoms with Gasteiger partial charge in [-0.1, -0.05) is 20.8 Å². The summed E-state index contributed by atoms with van der Waals surface area (Å²) >= 11 is 0. The fourth-order valence-electron chi connectivity index (χ4n) is 2.72. The molecule has 2 N–H and O–H groups in total. The monoisotopic (exact) mass is 210 g/mol. The lowest BCUT2D eigenvalue weighted by atomic mass is 9.77. The van der Waals surface area contributed by atoms with Gasteiger partial charge >= 0.3 is 0 Å². The standard InChI is InChI=1S/C13H26N2/c1-10-7-11(10)8-14-9-12-13(2,3)5-4-6-15-12/h10-12,14-15H,4-9H2,1-3H3. The summed E-state index contributed by atoms with van der Waals surface area (Å²) in [6.45, 7) is 10.7. The van der Waals surface area contributed by atoms with Crippen LogP contribution in [-0.2, 0) is 0 Å². The van der Waals surface area contributed by atoms with Crippen molar-refractivity contribution in [1.82, 2.24) is 10.6 Å². The van der Waals surface area contributed by atoms with Crippen LogP contribution >= 0.6 is 0 Å². The van der Waals surface area contributed by atoms with Crippen LogP contribution in [0, 0.1) is 17.3 Å². The Kier molecular flexibility index (Phi) is 3.36. The molecule has 0 spiro atoms. The van der Waals surface area contributed by atoms with Gasteiger partial charge in [-0.2, -0.15) is 0 Å². The van der Waals surface area contributed by atoms with Crippen LogP contribution in [0.4, 0.5) is 0 Å². The van der Waals surface area contributed by atoms with Gasteiger partial charge < -0.3 is 10.6 Å². The van der Waals surface area contributed by atoms with Gasteiger partial charge in [-0.15, -0.1) is 0 Å². The first-order valence-corrected chi connectivity index (χ1v) is 6.54. The Morgan fingerprint density at radius 1 is 1.33 bits per heavy atom. The zero-order valence-electron chi connectivity index (χ0n) is 10.5. The Bertz CT molecular complexity index is 213. The van der Waals surface area contributed by atoms with Crippen molar-refractivity contribution in [3.05, 3.63) is 0 Å². The van der Waals surface area contributed by atoms with Crippen molar-refractivity contribution in [2.24, 2.45) is 17.3 Å². The molecule has 1 aliphatic carbocycles. The van der Waals surface area contributed by atoms with E-state index in [1.807, 2.05) is 0 Å². The van der Waals surface area contributed by atoms with Gasteiger partial charge in [0, 0.05) is 12.6 Å². The first-order valence-electron chi connectivity index (χ1n) is 6.54. The third-order valence-electron chi connectivity index (χ3n) is 4.36. The van der Waals surface area contributed by atoms with E-state index in [1.165, 1.54) is 32.4 Å². The zero-order chi connectivity index (χ0) is 10.9. The molecule has 3 atom stereocenters. The molecule has 0 radical (unpaired) electrons. The van der Waals surface area contributed by atoms with Crippen molar-refractivity contribution in [1.29, 1.82) is 0 Å². The zero-order valence-corrected chi connectivity index (χ0v) is 10.5. The van der Waals surface area contributed by atoms with Crippen molar-refractivity contribution >= 4 is 0 Å². The summed E-state index contributed by atoms with van der Waals surface area (Å²) < 4.78 is 0. The van der Waals surface area contributed by atoms with E-state index in [1.54, 1.807) is 0 Å². The maximum Gasteiger partial charge on any atom is 0.0243 e. The van der Waals surface area contributed by atoms with Crippen molar-refractivity contribution < 1.29 is 0 Å². The number of hydrogen-bond acceptors (Lipinski definition) is 2. The lowest BCUT2D eigenvalue weighted by Gasteiger charge is -2.39. The topological polar surface area (TPSA) is 24.1 Å². The molecule has 2 heteroatoms. The minimum absolute atomic E-state index is 0.473. The van der Waals surface area contributed by atoms with Crippen LogP contribution in [0.2, 0.25) is 0 Å². The van der Waals surface area contributed by atoms with Gasteiger partial charge in [0.1, 0.15) is 0 Å². The Hall–Kier alpha value is -0.0800. The molecule has 2 rings (SSSR count). The molecule has 2 aliphatic rings. The predicted octanol–water partition coefficient (Wildman–Crippen LogP) is 2.01. The first-order chi connectivity index (χ1) is 7.09. The van der Waals surface area contributed by atoms with E-state index in [-0.39, 0.29) is 0 Å². The van der Waals surface area contributed by atoms with E-state index in [9.17, 15) is 0 Å². The summed E-state index contributed by atoms with van der Waals surface area (Å²) in [7, 11) is 0. The fourth-order valence-corrected chi connectivity index (χ4v) is 2.72. The second kappa shape index (κ2) is 4.42. The van der Waals surface area contributed by atoms with E-state index < -0.39 is 0 Å². The molecule has 0 amide bonds. The number of nitrogens with one attached hydrogen (secondary N) is 2. The van der Waals surface area contributed by atoms with Gasteiger partial charge in [0.25, 0.3) is 0 Å². The highest BCUT2D eigenvalue weighted by Gasteiger charge is 2.34. The maximum absolute atomic E-state index is 3.65. The number of rotatable bonds is 4. The molecule has 0 bridgehead atoms. The largest absolute Gasteiger partial charge is 0.315 e. The molecule has 2 nitrogen and oxygen atoms in total. The minimum atomic E-state index is 0.473. The minimum Gasteiger partial charge on any atom is -0.315 e. The Labute approximate surface area is 94.2 Å². The highest BCUT2D eigenvalue weighted by molar-refractivity contribution is 4.91. The van der Waals surface area contributed by atoms with E-state index in [0.29, 0.717) is 11.5 Å². The van der Waals surface area contributed by atoms with E-state index in [4.69, 9.17) is 0 Å². The smallest absolute Gasteiger partial charge is 0.0243 e. The van der Waals surface area contributed by atoms with Crippen LogP contribution in [0.15, 0.2) is 0 Å². The van der Waals surface area contributed by atoms with Gasteiger partial charge in [0.05, 0.1) is 0 Å².